The predicted molar refractivity (Wildman–Crippen MR) is 85.9 cm³/mol. The Balaban J connectivity index is 1.86. The van der Waals surface area contributed by atoms with Crippen LogP contribution >= 0.6 is 0 Å². The van der Waals surface area contributed by atoms with Crippen LogP contribution in [0.25, 0.3) is 0 Å². The summed E-state index contributed by atoms with van der Waals surface area (Å²) in [5.74, 6) is 1.23. The van der Waals surface area contributed by atoms with Crippen LogP contribution in [0.5, 0.6) is 0 Å². The number of carbonyl (C=O) groups is 1. The number of urea groups is 1. The first-order valence-electron chi connectivity index (χ1n) is 7.84. The van der Waals surface area contributed by atoms with Crippen molar-refractivity contribution in [3.8, 4) is 0 Å². The van der Waals surface area contributed by atoms with Gasteiger partial charge in [0.15, 0.2) is 0 Å². The SMILES string of the molecule is C[C@@H](NC(=O)Nc1cnc(C(C)(C)C)nc1)C1CCOCC1. The maximum atomic E-state index is 12.0. The van der Waals surface area contributed by atoms with E-state index in [9.17, 15) is 4.79 Å². The van der Waals surface area contributed by atoms with Crippen molar-refractivity contribution >= 4 is 11.7 Å². The van der Waals surface area contributed by atoms with E-state index >= 15 is 0 Å². The van der Waals surface area contributed by atoms with Crippen molar-refractivity contribution in [3.63, 3.8) is 0 Å². The van der Waals surface area contributed by atoms with Crippen LogP contribution in [-0.2, 0) is 10.2 Å². The van der Waals surface area contributed by atoms with E-state index in [0.717, 1.165) is 31.9 Å². The second-order valence-electron chi connectivity index (χ2n) is 6.88. The molecule has 0 radical (unpaired) electrons. The standard InChI is InChI=1S/C16H26N4O2/c1-11(12-5-7-22-8-6-12)19-15(21)20-13-9-17-14(18-10-13)16(2,3)4/h9-12H,5-8H2,1-4H3,(H2,19,20,21)/t11-/m1/s1. The lowest BCUT2D eigenvalue weighted by Gasteiger charge is -2.28. The zero-order valence-corrected chi connectivity index (χ0v) is 13.8. The molecule has 0 saturated carbocycles. The van der Waals surface area contributed by atoms with Gasteiger partial charge >= 0.3 is 6.03 Å². The van der Waals surface area contributed by atoms with Crippen molar-refractivity contribution in [2.75, 3.05) is 18.5 Å². The van der Waals surface area contributed by atoms with Gasteiger partial charge in [-0.05, 0) is 25.7 Å². The Morgan fingerprint density at radius 3 is 2.41 bits per heavy atom. The van der Waals surface area contributed by atoms with Gasteiger partial charge in [0.25, 0.3) is 0 Å². The lowest BCUT2D eigenvalue weighted by atomic mass is 9.93. The van der Waals surface area contributed by atoms with Crippen molar-refractivity contribution in [1.29, 1.82) is 0 Å². The van der Waals surface area contributed by atoms with Gasteiger partial charge in [-0.2, -0.15) is 0 Å². The summed E-state index contributed by atoms with van der Waals surface area (Å²) >= 11 is 0. The molecule has 1 saturated heterocycles. The molecule has 2 amide bonds. The van der Waals surface area contributed by atoms with Crippen molar-refractivity contribution in [1.82, 2.24) is 15.3 Å². The van der Waals surface area contributed by atoms with Crippen LogP contribution in [0.3, 0.4) is 0 Å². The summed E-state index contributed by atoms with van der Waals surface area (Å²) in [6, 6.07) is -0.0928. The van der Waals surface area contributed by atoms with Crippen LogP contribution in [0, 0.1) is 5.92 Å². The molecule has 0 unspecified atom stereocenters. The number of rotatable bonds is 3. The first-order valence-corrected chi connectivity index (χ1v) is 7.84. The molecule has 1 aromatic heterocycles. The number of nitrogens with one attached hydrogen (secondary N) is 2. The first kappa shape index (κ1) is 16.7. The van der Waals surface area contributed by atoms with Crippen LogP contribution in [0.15, 0.2) is 12.4 Å². The molecule has 0 aromatic carbocycles. The minimum absolute atomic E-state index is 0.0989. The lowest BCUT2D eigenvalue weighted by molar-refractivity contribution is 0.0573. The highest BCUT2D eigenvalue weighted by Crippen LogP contribution is 2.19. The van der Waals surface area contributed by atoms with Gasteiger partial charge in [-0.15, -0.1) is 0 Å². The van der Waals surface area contributed by atoms with Crippen LogP contribution in [0.4, 0.5) is 10.5 Å². The summed E-state index contributed by atoms with van der Waals surface area (Å²) < 4.78 is 5.34. The second-order valence-corrected chi connectivity index (χ2v) is 6.88. The van der Waals surface area contributed by atoms with Gasteiger partial charge < -0.3 is 15.4 Å². The first-order chi connectivity index (χ1) is 10.4. The Hall–Kier alpha value is -1.69. The Bertz CT molecular complexity index is 490. The molecular weight excluding hydrogens is 280 g/mol. The number of hydrogen-bond acceptors (Lipinski definition) is 4. The molecule has 2 heterocycles. The number of aromatic nitrogens is 2. The van der Waals surface area contributed by atoms with E-state index in [-0.39, 0.29) is 17.5 Å². The molecule has 1 aromatic rings. The third-order valence-corrected chi connectivity index (χ3v) is 3.91. The van der Waals surface area contributed by atoms with Crippen molar-refractivity contribution in [2.45, 2.75) is 52.0 Å². The molecule has 22 heavy (non-hydrogen) atoms. The summed E-state index contributed by atoms with van der Waals surface area (Å²) in [5, 5.41) is 5.77. The summed E-state index contributed by atoms with van der Waals surface area (Å²) in [5.41, 5.74) is 0.503. The number of nitrogens with zero attached hydrogens (tertiary/aromatic N) is 2. The zero-order chi connectivity index (χ0) is 16.2. The third-order valence-electron chi connectivity index (χ3n) is 3.91. The van der Waals surface area contributed by atoms with E-state index < -0.39 is 0 Å². The van der Waals surface area contributed by atoms with Crippen LogP contribution in [0.2, 0.25) is 0 Å². The largest absolute Gasteiger partial charge is 0.381 e. The van der Waals surface area contributed by atoms with Gasteiger partial charge in [0, 0.05) is 24.7 Å². The number of carbonyl (C=O) groups excluding carboxylic acids is 1. The number of hydrogen-bond donors (Lipinski definition) is 2. The smallest absolute Gasteiger partial charge is 0.319 e. The summed E-state index contributed by atoms with van der Waals surface area (Å²) in [6.45, 7) is 9.75. The number of ether oxygens (including phenoxy) is 1. The molecule has 1 atom stereocenters. The van der Waals surface area contributed by atoms with Gasteiger partial charge in [0.1, 0.15) is 5.82 Å². The molecule has 122 valence electrons. The van der Waals surface area contributed by atoms with E-state index in [4.69, 9.17) is 4.74 Å². The minimum atomic E-state index is -0.217. The Kier molecular flexibility index (Phi) is 5.34. The van der Waals surface area contributed by atoms with E-state index in [0.29, 0.717) is 11.6 Å². The molecule has 0 bridgehead atoms. The van der Waals surface area contributed by atoms with Gasteiger partial charge in [0.05, 0.1) is 18.1 Å². The highest BCUT2D eigenvalue weighted by atomic mass is 16.5. The highest BCUT2D eigenvalue weighted by Gasteiger charge is 2.22. The summed E-state index contributed by atoms with van der Waals surface area (Å²) in [4.78, 5) is 20.6. The Labute approximate surface area is 132 Å². The van der Waals surface area contributed by atoms with Crippen LogP contribution in [0.1, 0.15) is 46.4 Å². The Morgan fingerprint density at radius 2 is 1.86 bits per heavy atom. The molecule has 1 aliphatic rings. The lowest BCUT2D eigenvalue weighted by Crippen LogP contribution is -2.42. The van der Waals surface area contributed by atoms with Crippen molar-refractivity contribution < 1.29 is 9.53 Å². The molecule has 0 spiro atoms. The average molecular weight is 306 g/mol. The summed E-state index contributed by atoms with van der Waals surface area (Å²) in [6.07, 6.45) is 5.27. The monoisotopic (exact) mass is 306 g/mol. The highest BCUT2D eigenvalue weighted by molar-refractivity contribution is 5.89. The predicted octanol–water partition coefficient (Wildman–Crippen LogP) is 2.71. The van der Waals surface area contributed by atoms with Gasteiger partial charge in [-0.3, -0.25) is 0 Å². The van der Waals surface area contributed by atoms with Gasteiger partial charge in [-0.25, -0.2) is 14.8 Å². The van der Waals surface area contributed by atoms with Crippen LogP contribution < -0.4 is 10.6 Å². The van der Waals surface area contributed by atoms with Crippen molar-refractivity contribution in [3.05, 3.63) is 18.2 Å². The molecule has 1 aliphatic heterocycles. The topological polar surface area (TPSA) is 76.1 Å². The maximum Gasteiger partial charge on any atom is 0.319 e. The zero-order valence-electron chi connectivity index (χ0n) is 13.8. The molecule has 6 nitrogen and oxygen atoms in total. The van der Waals surface area contributed by atoms with E-state index in [1.54, 1.807) is 12.4 Å². The fraction of sp³-hybridized carbons (Fsp3) is 0.688. The Morgan fingerprint density at radius 1 is 1.27 bits per heavy atom. The molecule has 1 fully saturated rings. The number of anilines is 1. The fourth-order valence-corrected chi connectivity index (χ4v) is 2.49. The van der Waals surface area contributed by atoms with E-state index in [1.165, 1.54) is 0 Å². The minimum Gasteiger partial charge on any atom is -0.381 e. The van der Waals surface area contributed by atoms with Gasteiger partial charge in [0.2, 0.25) is 0 Å². The normalized spacial score (nSPS) is 17.8. The third kappa shape index (κ3) is 4.66. The quantitative estimate of drug-likeness (QED) is 0.900. The van der Waals surface area contributed by atoms with E-state index in [1.807, 2.05) is 6.92 Å². The van der Waals surface area contributed by atoms with Crippen molar-refractivity contribution in [2.24, 2.45) is 5.92 Å². The molecular formula is C16H26N4O2. The maximum absolute atomic E-state index is 12.0. The molecule has 2 rings (SSSR count). The second kappa shape index (κ2) is 7.05. The van der Waals surface area contributed by atoms with E-state index in [2.05, 4.69) is 41.4 Å². The molecule has 0 aliphatic carbocycles. The van der Waals surface area contributed by atoms with Gasteiger partial charge in [-0.1, -0.05) is 20.8 Å². The average Bonchev–Trinajstić information content (AvgIpc) is 2.47. The molecule has 2 N–H and O–H groups in total. The van der Waals surface area contributed by atoms with Crippen LogP contribution in [-0.4, -0.2) is 35.3 Å². The fourth-order valence-electron chi connectivity index (χ4n) is 2.49. The number of amides is 2. The molecule has 6 heteroatoms. The summed E-state index contributed by atoms with van der Waals surface area (Å²) in [7, 11) is 0.